The number of halogens is 2. The lowest BCUT2D eigenvalue weighted by molar-refractivity contribution is 0.368. The summed E-state index contributed by atoms with van der Waals surface area (Å²) in [5.41, 5.74) is 0.753. The van der Waals surface area contributed by atoms with Crippen molar-refractivity contribution in [1.82, 2.24) is 4.98 Å². The van der Waals surface area contributed by atoms with Gasteiger partial charge in [-0.3, -0.25) is 0 Å². The second kappa shape index (κ2) is 3.67. The van der Waals surface area contributed by atoms with E-state index in [0.29, 0.717) is 5.33 Å². The van der Waals surface area contributed by atoms with Gasteiger partial charge in [0.25, 0.3) is 0 Å². The molecule has 0 atom stereocenters. The number of nitrogens with zero attached hydrogens (tertiary/aromatic N) is 1. The van der Waals surface area contributed by atoms with Gasteiger partial charge >= 0.3 is 0 Å². The van der Waals surface area contributed by atoms with Crippen molar-refractivity contribution >= 4 is 15.9 Å². The van der Waals surface area contributed by atoms with Gasteiger partial charge in [0, 0.05) is 5.33 Å². The first-order chi connectivity index (χ1) is 5.27. The molecule has 1 aromatic rings. The highest BCUT2D eigenvalue weighted by Gasteiger charge is 2.03. The molecule has 0 N–H and O–H groups in total. The Hall–Kier alpha value is -0.640. The molecule has 11 heavy (non-hydrogen) atoms. The van der Waals surface area contributed by atoms with Gasteiger partial charge in [-0.1, -0.05) is 15.9 Å². The number of rotatable bonds is 2. The summed E-state index contributed by atoms with van der Waals surface area (Å²) >= 11 is 3.20. The van der Waals surface area contributed by atoms with E-state index in [1.807, 2.05) is 0 Å². The normalized spacial score (nSPS) is 9.73. The van der Waals surface area contributed by atoms with Gasteiger partial charge in [0.15, 0.2) is 5.82 Å². The molecule has 60 valence electrons. The molecule has 0 aliphatic heterocycles. The van der Waals surface area contributed by atoms with Gasteiger partial charge in [-0.25, -0.2) is 9.37 Å². The van der Waals surface area contributed by atoms with Crippen LogP contribution in [0.1, 0.15) is 5.69 Å². The third-order valence-corrected chi connectivity index (χ3v) is 1.78. The molecular weight excluding hydrogens is 213 g/mol. The summed E-state index contributed by atoms with van der Waals surface area (Å²) in [6, 6.07) is 2.94. The standard InChI is InChI=1S/C7H7BrFNO/c1-11-7-6(9)3-2-5(4-8)10-7/h2-3H,4H2,1H3. The fourth-order valence-corrected chi connectivity index (χ4v) is 0.992. The molecule has 1 heterocycles. The second-order valence-electron chi connectivity index (χ2n) is 1.93. The lowest BCUT2D eigenvalue weighted by atomic mass is 10.4. The van der Waals surface area contributed by atoms with E-state index in [2.05, 4.69) is 25.7 Å². The number of ether oxygens (including phenoxy) is 1. The van der Waals surface area contributed by atoms with Crippen LogP contribution in [0.3, 0.4) is 0 Å². The maximum absolute atomic E-state index is 12.7. The average molecular weight is 220 g/mol. The van der Waals surface area contributed by atoms with Crippen molar-refractivity contribution in [3.63, 3.8) is 0 Å². The number of aromatic nitrogens is 1. The number of hydrogen-bond donors (Lipinski definition) is 0. The Bertz CT molecular complexity index is 254. The molecule has 0 unspecified atom stereocenters. The Morgan fingerprint density at radius 3 is 2.91 bits per heavy atom. The van der Waals surface area contributed by atoms with E-state index in [0.717, 1.165) is 5.69 Å². The van der Waals surface area contributed by atoms with Crippen molar-refractivity contribution in [1.29, 1.82) is 0 Å². The first kappa shape index (κ1) is 8.46. The molecule has 0 aromatic carbocycles. The van der Waals surface area contributed by atoms with E-state index in [-0.39, 0.29) is 5.88 Å². The zero-order valence-electron chi connectivity index (χ0n) is 5.97. The summed E-state index contributed by atoms with van der Waals surface area (Å²) in [5, 5.41) is 0.601. The van der Waals surface area contributed by atoms with Crippen LogP contribution in [0, 0.1) is 5.82 Å². The highest BCUT2D eigenvalue weighted by Crippen LogP contribution is 2.14. The minimum absolute atomic E-state index is 0.0435. The van der Waals surface area contributed by atoms with Gasteiger partial charge in [-0.2, -0.15) is 0 Å². The SMILES string of the molecule is COc1nc(CBr)ccc1F. The predicted molar refractivity (Wildman–Crippen MR) is 43.4 cm³/mol. The fourth-order valence-electron chi connectivity index (χ4n) is 0.679. The van der Waals surface area contributed by atoms with Crippen LogP contribution in [0.5, 0.6) is 5.88 Å². The molecule has 1 aromatic heterocycles. The smallest absolute Gasteiger partial charge is 0.250 e. The lowest BCUT2D eigenvalue weighted by Gasteiger charge is -2.00. The van der Waals surface area contributed by atoms with E-state index in [1.165, 1.54) is 13.2 Å². The van der Waals surface area contributed by atoms with Crippen molar-refractivity contribution in [2.45, 2.75) is 5.33 Å². The Kier molecular flexibility index (Phi) is 2.82. The minimum Gasteiger partial charge on any atom is -0.479 e. The zero-order chi connectivity index (χ0) is 8.27. The second-order valence-corrected chi connectivity index (χ2v) is 2.49. The third-order valence-electron chi connectivity index (χ3n) is 1.20. The number of pyridine rings is 1. The largest absolute Gasteiger partial charge is 0.479 e. The van der Waals surface area contributed by atoms with Gasteiger partial charge in [-0.05, 0) is 12.1 Å². The van der Waals surface area contributed by atoms with Crippen LogP contribution in [-0.2, 0) is 5.33 Å². The molecule has 0 radical (unpaired) electrons. The third kappa shape index (κ3) is 1.89. The highest BCUT2D eigenvalue weighted by atomic mass is 79.9. The predicted octanol–water partition coefficient (Wildman–Crippen LogP) is 2.12. The van der Waals surface area contributed by atoms with Gasteiger partial charge in [0.1, 0.15) is 0 Å². The lowest BCUT2D eigenvalue weighted by Crippen LogP contribution is -1.94. The minimum atomic E-state index is -0.433. The van der Waals surface area contributed by atoms with E-state index < -0.39 is 5.82 Å². The van der Waals surface area contributed by atoms with Crippen LogP contribution in [0.2, 0.25) is 0 Å². The summed E-state index contributed by atoms with van der Waals surface area (Å²) in [7, 11) is 1.39. The Morgan fingerprint density at radius 1 is 1.64 bits per heavy atom. The first-order valence-corrected chi connectivity index (χ1v) is 4.15. The van der Waals surface area contributed by atoms with Gasteiger partial charge in [0.2, 0.25) is 5.88 Å². The van der Waals surface area contributed by atoms with Crippen LogP contribution >= 0.6 is 15.9 Å². The molecule has 0 aliphatic rings. The van der Waals surface area contributed by atoms with Gasteiger partial charge in [0.05, 0.1) is 12.8 Å². The highest BCUT2D eigenvalue weighted by molar-refractivity contribution is 9.08. The van der Waals surface area contributed by atoms with E-state index in [9.17, 15) is 4.39 Å². The number of alkyl halides is 1. The Labute approximate surface area is 72.5 Å². The molecule has 0 aliphatic carbocycles. The van der Waals surface area contributed by atoms with Crippen molar-refractivity contribution in [2.75, 3.05) is 7.11 Å². The topological polar surface area (TPSA) is 22.1 Å². The molecular formula is C7H7BrFNO. The van der Waals surface area contributed by atoms with Crippen molar-refractivity contribution < 1.29 is 9.13 Å². The maximum Gasteiger partial charge on any atom is 0.250 e. The Morgan fingerprint density at radius 2 is 2.36 bits per heavy atom. The summed E-state index contributed by atoms with van der Waals surface area (Å²) in [4.78, 5) is 3.87. The molecule has 4 heteroatoms. The molecule has 1 rings (SSSR count). The zero-order valence-corrected chi connectivity index (χ0v) is 7.56. The maximum atomic E-state index is 12.7. The van der Waals surface area contributed by atoms with Crippen LogP contribution in [0.15, 0.2) is 12.1 Å². The number of hydrogen-bond acceptors (Lipinski definition) is 2. The average Bonchev–Trinajstić information content (AvgIpc) is 2.05. The molecule has 0 saturated carbocycles. The summed E-state index contributed by atoms with van der Waals surface area (Å²) in [6.45, 7) is 0. The summed E-state index contributed by atoms with van der Waals surface area (Å²) in [5.74, 6) is -0.390. The van der Waals surface area contributed by atoms with E-state index >= 15 is 0 Å². The van der Waals surface area contributed by atoms with Crippen molar-refractivity contribution in [2.24, 2.45) is 0 Å². The molecule has 0 spiro atoms. The van der Waals surface area contributed by atoms with Crippen LogP contribution in [0.25, 0.3) is 0 Å². The molecule has 0 saturated heterocycles. The van der Waals surface area contributed by atoms with Crippen molar-refractivity contribution in [3.8, 4) is 5.88 Å². The Balaban J connectivity index is 3.02. The monoisotopic (exact) mass is 219 g/mol. The van der Waals surface area contributed by atoms with Crippen LogP contribution in [0.4, 0.5) is 4.39 Å². The van der Waals surface area contributed by atoms with Crippen molar-refractivity contribution in [3.05, 3.63) is 23.6 Å². The quantitative estimate of drug-likeness (QED) is 0.712. The number of methoxy groups -OCH3 is 1. The first-order valence-electron chi connectivity index (χ1n) is 3.03. The van der Waals surface area contributed by atoms with Crippen LogP contribution in [-0.4, -0.2) is 12.1 Å². The fraction of sp³-hybridized carbons (Fsp3) is 0.286. The molecule has 0 fully saturated rings. The van der Waals surface area contributed by atoms with Crippen LogP contribution < -0.4 is 4.74 Å². The molecule has 0 amide bonds. The molecule has 0 bridgehead atoms. The van der Waals surface area contributed by atoms with Gasteiger partial charge < -0.3 is 4.74 Å². The van der Waals surface area contributed by atoms with Gasteiger partial charge in [-0.15, -0.1) is 0 Å². The van der Waals surface area contributed by atoms with E-state index in [1.54, 1.807) is 6.07 Å². The summed E-state index contributed by atoms with van der Waals surface area (Å²) < 4.78 is 17.4. The van der Waals surface area contributed by atoms with E-state index in [4.69, 9.17) is 0 Å². The summed E-state index contributed by atoms with van der Waals surface area (Å²) in [6.07, 6.45) is 0. The molecule has 2 nitrogen and oxygen atoms in total.